The first kappa shape index (κ1) is 33.9. The Bertz CT molecular complexity index is 1380. The molecule has 0 spiro atoms. The van der Waals surface area contributed by atoms with Crippen molar-refractivity contribution in [3.63, 3.8) is 0 Å². The minimum atomic E-state index is -3.12. The van der Waals surface area contributed by atoms with E-state index in [2.05, 4.69) is 5.32 Å². The van der Waals surface area contributed by atoms with Gasteiger partial charge in [-0.1, -0.05) is 50.8 Å². The largest absolute Gasteiger partial charge is 0.379 e. The maximum atomic E-state index is 14.0. The molecule has 45 heavy (non-hydrogen) atoms. The van der Waals surface area contributed by atoms with E-state index in [-0.39, 0.29) is 60.6 Å². The second-order valence-corrected chi connectivity index (χ2v) is 16.1. The molecule has 3 fully saturated rings. The van der Waals surface area contributed by atoms with Crippen molar-refractivity contribution in [2.45, 2.75) is 89.0 Å². The number of aryl methyl sites for hydroxylation is 1. The Morgan fingerprint density at radius 2 is 1.78 bits per heavy atom. The van der Waals surface area contributed by atoms with Gasteiger partial charge in [0.05, 0.1) is 43.9 Å². The molecule has 1 aromatic rings. The highest BCUT2D eigenvalue weighted by Crippen LogP contribution is 2.37. The smallest absolute Gasteiger partial charge is 0.223 e. The molecule has 3 heterocycles. The van der Waals surface area contributed by atoms with Crippen molar-refractivity contribution in [3.05, 3.63) is 34.9 Å². The van der Waals surface area contributed by atoms with Crippen molar-refractivity contribution in [1.82, 2.24) is 10.2 Å². The maximum Gasteiger partial charge on any atom is 0.223 e. The monoisotopic (exact) mass is 644 g/mol. The van der Waals surface area contributed by atoms with E-state index in [0.717, 1.165) is 42.4 Å². The zero-order valence-corrected chi connectivity index (χ0v) is 27.5. The summed E-state index contributed by atoms with van der Waals surface area (Å²) in [7, 11) is -3.12. The van der Waals surface area contributed by atoms with Crippen LogP contribution in [0.1, 0.15) is 75.5 Å². The lowest BCUT2D eigenvalue weighted by molar-refractivity contribution is -0.134. The maximum absolute atomic E-state index is 14.0. The van der Waals surface area contributed by atoms with Gasteiger partial charge in [0.1, 0.15) is 11.4 Å². The summed E-state index contributed by atoms with van der Waals surface area (Å²) < 4.78 is 35.1. The number of carbonyl (C=O) groups excluding carboxylic acids is 4. The van der Waals surface area contributed by atoms with Gasteiger partial charge in [0.25, 0.3) is 0 Å². The lowest BCUT2D eigenvalue weighted by Crippen LogP contribution is -2.46. The number of benzene rings is 1. The predicted octanol–water partition coefficient (Wildman–Crippen LogP) is 2.63. The third kappa shape index (κ3) is 9.30. The molecule has 0 bridgehead atoms. The molecule has 4 atom stereocenters. The van der Waals surface area contributed by atoms with E-state index in [1.807, 2.05) is 17.0 Å². The highest BCUT2D eigenvalue weighted by atomic mass is 32.2. The molecule has 10 nitrogen and oxygen atoms in total. The third-order valence-corrected chi connectivity index (χ3v) is 11.5. The number of hydrogen-bond acceptors (Lipinski definition) is 9. The van der Waals surface area contributed by atoms with Gasteiger partial charge in [-0.3, -0.25) is 24.1 Å². The van der Waals surface area contributed by atoms with E-state index in [0.29, 0.717) is 51.7 Å². The summed E-state index contributed by atoms with van der Waals surface area (Å²) in [5.74, 6) is -1.27. The Kier molecular flexibility index (Phi) is 10.9. The van der Waals surface area contributed by atoms with E-state index in [4.69, 9.17) is 9.47 Å². The molecule has 2 saturated heterocycles. The van der Waals surface area contributed by atoms with E-state index < -0.39 is 33.3 Å². The summed E-state index contributed by atoms with van der Waals surface area (Å²) in [5.41, 5.74) is 1.69. The molecule has 248 valence electrons. The highest BCUT2D eigenvalue weighted by molar-refractivity contribution is 7.90. The normalized spacial score (nSPS) is 25.1. The summed E-state index contributed by atoms with van der Waals surface area (Å²) in [5, 5.41) is 2.95. The Morgan fingerprint density at radius 1 is 1.07 bits per heavy atom. The van der Waals surface area contributed by atoms with Crippen LogP contribution in [0.4, 0.5) is 0 Å². The quantitative estimate of drug-likeness (QED) is 0.286. The van der Waals surface area contributed by atoms with Crippen molar-refractivity contribution in [3.8, 4) is 0 Å². The van der Waals surface area contributed by atoms with Crippen LogP contribution in [0.2, 0.25) is 0 Å². The molecular weight excluding hydrogens is 596 g/mol. The van der Waals surface area contributed by atoms with Crippen LogP contribution >= 0.6 is 0 Å². The SMILES string of the molecule is CC(CC(=O)CN1CCOCC1)C(=O)NC(Cc1ccc2c(c1)CCS(=O)(=O)C2)C(=O)CC(CC1CCCC1)C(=O)C1(C)CO1. The minimum absolute atomic E-state index is 0.00347. The van der Waals surface area contributed by atoms with Gasteiger partial charge in [-0.2, -0.15) is 0 Å². The second-order valence-electron chi connectivity index (χ2n) is 13.9. The number of morpholine rings is 1. The summed E-state index contributed by atoms with van der Waals surface area (Å²) in [6, 6.07) is 4.68. The average molecular weight is 645 g/mol. The topological polar surface area (TPSA) is 139 Å². The van der Waals surface area contributed by atoms with E-state index in [9.17, 15) is 27.6 Å². The minimum Gasteiger partial charge on any atom is -0.379 e. The Balaban J connectivity index is 1.30. The highest BCUT2D eigenvalue weighted by Gasteiger charge is 2.50. The average Bonchev–Trinajstić information content (AvgIpc) is 3.54. The molecular formula is C34H48N2O8S. The molecule has 0 radical (unpaired) electrons. The van der Waals surface area contributed by atoms with Crippen molar-refractivity contribution in [2.75, 3.05) is 45.2 Å². The Labute approximate surface area is 266 Å². The van der Waals surface area contributed by atoms with Crippen LogP contribution in [-0.2, 0) is 57.1 Å². The molecule has 4 aliphatic rings. The standard InChI is InChI=1S/C34H48N2O8S/c1-23(15-29(37)20-36-10-12-43-13-11-36)33(40)35-30(18-25-7-8-27-21-45(41,42)14-9-26(27)17-25)31(38)19-28(16-24-5-3-4-6-24)32(39)34(2)22-44-34/h7-8,17,23-24,28,30H,3-6,9-16,18-22H2,1-2H3,(H,35,40). The fourth-order valence-electron chi connectivity index (χ4n) is 7.06. The number of sulfone groups is 1. The molecule has 1 amide bonds. The van der Waals surface area contributed by atoms with Gasteiger partial charge in [0.2, 0.25) is 5.91 Å². The first-order valence-electron chi connectivity index (χ1n) is 16.5. The van der Waals surface area contributed by atoms with Crippen molar-refractivity contribution >= 4 is 33.1 Å². The van der Waals surface area contributed by atoms with Gasteiger partial charge in [-0.25, -0.2) is 8.42 Å². The molecule has 1 saturated carbocycles. The number of fused-ring (bicyclic) bond motifs is 1. The summed E-state index contributed by atoms with van der Waals surface area (Å²) in [6.45, 7) is 6.64. The van der Waals surface area contributed by atoms with Gasteiger partial charge in [0, 0.05) is 37.8 Å². The van der Waals surface area contributed by atoms with Crippen molar-refractivity contribution < 1.29 is 37.1 Å². The van der Waals surface area contributed by atoms with Gasteiger partial charge >= 0.3 is 0 Å². The van der Waals surface area contributed by atoms with Gasteiger partial charge < -0.3 is 14.8 Å². The lowest BCUT2D eigenvalue weighted by Gasteiger charge is -2.27. The zero-order chi connectivity index (χ0) is 32.2. The van der Waals surface area contributed by atoms with Gasteiger partial charge in [-0.15, -0.1) is 0 Å². The van der Waals surface area contributed by atoms with Crippen LogP contribution in [0.15, 0.2) is 18.2 Å². The molecule has 0 aromatic heterocycles. The van der Waals surface area contributed by atoms with Crippen LogP contribution in [0, 0.1) is 17.8 Å². The number of rotatable bonds is 15. The predicted molar refractivity (Wildman–Crippen MR) is 168 cm³/mol. The summed E-state index contributed by atoms with van der Waals surface area (Å²) >= 11 is 0. The van der Waals surface area contributed by atoms with Crippen LogP contribution in [-0.4, -0.2) is 93.4 Å². The molecule has 1 aliphatic carbocycles. The van der Waals surface area contributed by atoms with Crippen LogP contribution in [0.3, 0.4) is 0 Å². The Hall–Kier alpha value is -2.47. The fourth-order valence-corrected chi connectivity index (χ4v) is 8.49. The number of nitrogens with zero attached hydrogens (tertiary/aromatic N) is 1. The molecule has 3 aliphatic heterocycles. The number of amides is 1. The number of ether oxygens (including phenoxy) is 2. The number of carbonyl (C=O) groups is 4. The summed E-state index contributed by atoms with van der Waals surface area (Å²) in [4.78, 5) is 55.8. The number of nitrogens with one attached hydrogen (secondary N) is 1. The molecule has 1 aromatic carbocycles. The zero-order valence-electron chi connectivity index (χ0n) is 26.7. The molecule has 1 N–H and O–H groups in total. The van der Waals surface area contributed by atoms with Crippen LogP contribution in [0.25, 0.3) is 0 Å². The number of epoxide rings is 1. The van der Waals surface area contributed by atoms with E-state index >= 15 is 0 Å². The molecule has 11 heteroatoms. The van der Waals surface area contributed by atoms with Crippen LogP contribution < -0.4 is 5.32 Å². The van der Waals surface area contributed by atoms with Crippen LogP contribution in [0.5, 0.6) is 0 Å². The number of ketones is 3. The first-order chi connectivity index (χ1) is 21.4. The van der Waals surface area contributed by atoms with Crippen molar-refractivity contribution in [1.29, 1.82) is 0 Å². The van der Waals surface area contributed by atoms with Gasteiger partial charge in [-0.05, 0) is 48.8 Å². The number of hydrogen-bond donors (Lipinski definition) is 1. The van der Waals surface area contributed by atoms with E-state index in [1.165, 1.54) is 0 Å². The summed E-state index contributed by atoms with van der Waals surface area (Å²) in [6.07, 6.45) is 5.73. The Morgan fingerprint density at radius 3 is 2.47 bits per heavy atom. The number of Topliss-reactive ketones (excluding diaryl/α,β-unsaturated/α-hetero) is 3. The fraction of sp³-hybridized carbons (Fsp3) is 0.706. The third-order valence-electron chi connectivity index (χ3n) is 9.97. The van der Waals surface area contributed by atoms with E-state index in [1.54, 1.807) is 19.9 Å². The first-order valence-corrected chi connectivity index (χ1v) is 18.4. The van der Waals surface area contributed by atoms with Gasteiger partial charge in [0.15, 0.2) is 21.4 Å². The molecule has 4 unspecified atom stereocenters. The lowest BCUT2D eigenvalue weighted by atomic mass is 9.81. The second kappa shape index (κ2) is 14.5. The van der Waals surface area contributed by atoms with Crippen molar-refractivity contribution in [2.24, 2.45) is 17.8 Å². The molecule has 5 rings (SSSR count).